The minimum atomic E-state index is -0.214. The third kappa shape index (κ3) is 1.90. The van der Waals surface area contributed by atoms with Crippen LogP contribution in [0.4, 0.5) is 4.39 Å². The molecule has 2 aromatic carbocycles. The molecular formula is C14H10BrFO. The normalized spacial score (nSPS) is 13.8. The maximum absolute atomic E-state index is 12.9. The van der Waals surface area contributed by atoms with Gasteiger partial charge in [0.1, 0.15) is 5.82 Å². The molecule has 0 unspecified atom stereocenters. The summed E-state index contributed by atoms with van der Waals surface area (Å²) < 4.78 is 19.4. The molecule has 0 amide bonds. The maximum atomic E-state index is 12.9. The summed E-state index contributed by atoms with van der Waals surface area (Å²) >= 11 is 3.56. The van der Waals surface area contributed by atoms with Crippen LogP contribution in [-0.4, -0.2) is 0 Å². The van der Waals surface area contributed by atoms with Crippen molar-refractivity contribution in [1.29, 1.82) is 0 Å². The molecule has 0 atom stereocenters. The third-order valence-corrected chi connectivity index (χ3v) is 3.66. The van der Waals surface area contributed by atoms with Gasteiger partial charge in [-0.3, -0.25) is 0 Å². The van der Waals surface area contributed by atoms with Gasteiger partial charge in [0.15, 0.2) is 0 Å². The number of hydrogen-bond acceptors (Lipinski definition) is 1. The number of fused-ring (bicyclic) bond motifs is 1. The van der Waals surface area contributed by atoms with Crippen molar-refractivity contribution >= 4 is 15.9 Å². The molecule has 1 nitrogen and oxygen atoms in total. The summed E-state index contributed by atoms with van der Waals surface area (Å²) in [6.45, 7) is 1.29. The van der Waals surface area contributed by atoms with E-state index in [9.17, 15) is 4.39 Å². The van der Waals surface area contributed by atoms with Crippen LogP contribution in [0.2, 0.25) is 0 Å². The molecular weight excluding hydrogens is 283 g/mol. The first-order valence-electron chi connectivity index (χ1n) is 5.39. The molecule has 3 rings (SSSR count). The molecule has 0 saturated heterocycles. The molecule has 0 N–H and O–H groups in total. The zero-order chi connectivity index (χ0) is 11.8. The lowest BCUT2D eigenvalue weighted by Gasteiger charge is -2.10. The molecule has 1 heterocycles. The van der Waals surface area contributed by atoms with Crippen molar-refractivity contribution in [3.8, 4) is 11.1 Å². The first-order chi connectivity index (χ1) is 8.25. The van der Waals surface area contributed by atoms with Crippen molar-refractivity contribution in [3.63, 3.8) is 0 Å². The molecule has 3 heteroatoms. The van der Waals surface area contributed by atoms with Gasteiger partial charge in [-0.05, 0) is 34.9 Å². The number of hydrogen-bond donors (Lipinski definition) is 0. The van der Waals surface area contributed by atoms with E-state index in [0.717, 1.165) is 15.6 Å². The second-order valence-corrected chi connectivity index (χ2v) is 4.91. The molecule has 0 spiro atoms. The highest BCUT2D eigenvalue weighted by molar-refractivity contribution is 9.10. The van der Waals surface area contributed by atoms with Crippen molar-refractivity contribution in [2.45, 2.75) is 13.2 Å². The number of rotatable bonds is 1. The van der Waals surface area contributed by atoms with Crippen molar-refractivity contribution in [3.05, 3.63) is 57.8 Å². The van der Waals surface area contributed by atoms with E-state index >= 15 is 0 Å². The number of halogens is 2. The molecule has 0 aliphatic carbocycles. The minimum absolute atomic E-state index is 0.214. The van der Waals surface area contributed by atoms with Gasteiger partial charge in [-0.25, -0.2) is 4.39 Å². The van der Waals surface area contributed by atoms with Crippen molar-refractivity contribution in [1.82, 2.24) is 0 Å². The monoisotopic (exact) mass is 292 g/mol. The van der Waals surface area contributed by atoms with Crippen LogP contribution < -0.4 is 0 Å². The molecule has 0 radical (unpaired) electrons. The Bertz CT molecular complexity index is 563. The summed E-state index contributed by atoms with van der Waals surface area (Å²) in [4.78, 5) is 0. The highest BCUT2D eigenvalue weighted by Gasteiger charge is 2.18. The topological polar surface area (TPSA) is 9.23 Å². The highest BCUT2D eigenvalue weighted by Crippen LogP contribution is 2.37. The van der Waals surface area contributed by atoms with E-state index in [4.69, 9.17) is 4.74 Å². The molecule has 1 aliphatic heterocycles. The van der Waals surface area contributed by atoms with E-state index in [-0.39, 0.29) is 5.82 Å². The SMILES string of the molecule is Fc1ccc(-c2c(Br)ccc3c2COC3)cc1. The summed E-state index contributed by atoms with van der Waals surface area (Å²) in [7, 11) is 0. The molecule has 0 fully saturated rings. The predicted octanol–water partition coefficient (Wildman–Crippen LogP) is 4.29. The van der Waals surface area contributed by atoms with E-state index in [1.165, 1.54) is 23.3 Å². The molecule has 86 valence electrons. The summed E-state index contributed by atoms with van der Waals surface area (Å²) in [6.07, 6.45) is 0. The van der Waals surface area contributed by atoms with Crippen LogP contribution in [0.1, 0.15) is 11.1 Å². The zero-order valence-corrected chi connectivity index (χ0v) is 10.6. The van der Waals surface area contributed by atoms with Crippen LogP contribution in [0.15, 0.2) is 40.9 Å². The van der Waals surface area contributed by atoms with E-state index in [0.29, 0.717) is 13.2 Å². The first kappa shape index (κ1) is 10.9. The lowest BCUT2D eigenvalue weighted by Crippen LogP contribution is -1.90. The van der Waals surface area contributed by atoms with E-state index in [1.807, 2.05) is 6.07 Å². The third-order valence-electron chi connectivity index (χ3n) is 3.00. The average Bonchev–Trinajstić information content (AvgIpc) is 2.79. The Morgan fingerprint density at radius 3 is 2.53 bits per heavy atom. The van der Waals surface area contributed by atoms with Crippen LogP contribution in [0, 0.1) is 5.82 Å². The van der Waals surface area contributed by atoms with Gasteiger partial charge >= 0.3 is 0 Å². The number of benzene rings is 2. The Balaban J connectivity index is 2.20. The van der Waals surface area contributed by atoms with Gasteiger partial charge in [0.05, 0.1) is 13.2 Å². The summed E-state index contributed by atoms with van der Waals surface area (Å²) in [5, 5.41) is 0. The maximum Gasteiger partial charge on any atom is 0.123 e. The van der Waals surface area contributed by atoms with Gasteiger partial charge in [-0.2, -0.15) is 0 Å². The molecule has 1 aliphatic rings. The smallest absolute Gasteiger partial charge is 0.123 e. The average molecular weight is 293 g/mol. The lowest BCUT2D eigenvalue weighted by atomic mass is 9.97. The highest BCUT2D eigenvalue weighted by atomic mass is 79.9. The fourth-order valence-corrected chi connectivity index (χ4v) is 2.75. The minimum Gasteiger partial charge on any atom is -0.372 e. The Morgan fingerprint density at radius 2 is 1.76 bits per heavy atom. The van der Waals surface area contributed by atoms with E-state index in [2.05, 4.69) is 22.0 Å². The van der Waals surface area contributed by atoms with E-state index in [1.54, 1.807) is 12.1 Å². The molecule has 2 aromatic rings. The van der Waals surface area contributed by atoms with Crippen LogP contribution in [0.3, 0.4) is 0 Å². The quantitative estimate of drug-likeness (QED) is 0.762. The Morgan fingerprint density at radius 1 is 1.00 bits per heavy atom. The largest absolute Gasteiger partial charge is 0.372 e. The van der Waals surface area contributed by atoms with Gasteiger partial charge in [0.2, 0.25) is 0 Å². The van der Waals surface area contributed by atoms with Gasteiger partial charge in [-0.15, -0.1) is 0 Å². The zero-order valence-electron chi connectivity index (χ0n) is 9.04. The van der Waals surface area contributed by atoms with Gasteiger partial charge in [0.25, 0.3) is 0 Å². The fourth-order valence-electron chi connectivity index (χ4n) is 2.15. The van der Waals surface area contributed by atoms with Crippen LogP contribution in [0.25, 0.3) is 11.1 Å². The summed E-state index contributed by atoms with van der Waals surface area (Å²) in [5.74, 6) is -0.214. The summed E-state index contributed by atoms with van der Waals surface area (Å²) in [5.41, 5.74) is 4.54. The van der Waals surface area contributed by atoms with Gasteiger partial charge < -0.3 is 4.74 Å². The lowest BCUT2D eigenvalue weighted by molar-refractivity contribution is 0.134. The van der Waals surface area contributed by atoms with Gasteiger partial charge in [0, 0.05) is 10.0 Å². The second kappa shape index (κ2) is 4.24. The molecule has 0 saturated carbocycles. The molecule has 17 heavy (non-hydrogen) atoms. The van der Waals surface area contributed by atoms with Crippen molar-refractivity contribution in [2.75, 3.05) is 0 Å². The van der Waals surface area contributed by atoms with Crippen molar-refractivity contribution < 1.29 is 9.13 Å². The molecule has 0 bridgehead atoms. The molecule has 0 aromatic heterocycles. The van der Waals surface area contributed by atoms with Crippen LogP contribution >= 0.6 is 15.9 Å². The predicted molar refractivity (Wildman–Crippen MR) is 68.0 cm³/mol. The summed E-state index contributed by atoms with van der Waals surface area (Å²) in [6, 6.07) is 10.7. The van der Waals surface area contributed by atoms with Crippen LogP contribution in [0.5, 0.6) is 0 Å². The Labute approximate surface area is 107 Å². The fraction of sp³-hybridized carbons (Fsp3) is 0.143. The standard InChI is InChI=1S/C14H10BrFO/c15-13-6-3-10-7-17-8-12(10)14(13)9-1-4-11(16)5-2-9/h1-6H,7-8H2. The Kier molecular flexibility index (Phi) is 2.73. The number of ether oxygens (including phenoxy) is 1. The second-order valence-electron chi connectivity index (χ2n) is 4.06. The van der Waals surface area contributed by atoms with E-state index < -0.39 is 0 Å². The van der Waals surface area contributed by atoms with Crippen LogP contribution in [-0.2, 0) is 18.0 Å². The Hall–Kier alpha value is -1.19. The van der Waals surface area contributed by atoms with Gasteiger partial charge in [-0.1, -0.05) is 34.1 Å². The van der Waals surface area contributed by atoms with Crippen molar-refractivity contribution in [2.24, 2.45) is 0 Å². The first-order valence-corrected chi connectivity index (χ1v) is 6.19.